The molecule has 5 heteroatoms. The Bertz CT molecular complexity index is 993. The first kappa shape index (κ1) is 19.3. The van der Waals surface area contributed by atoms with Crippen molar-refractivity contribution in [3.05, 3.63) is 71.7 Å². The second kappa shape index (κ2) is 8.62. The molecule has 156 valence electrons. The van der Waals surface area contributed by atoms with Crippen LogP contribution in [-0.2, 0) is 17.6 Å². The summed E-state index contributed by atoms with van der Waals surface area (Å²) in [6.07, 6.45) is 4.81. The first-order valence-electron chi connectivity index (χ1n) is 10.9. The molecule has 0 radical (unpaired) electrons. The van der Waals surface area contributed by atoms with Crippen LogP contribution in [0.4, 0.5) is 5.88 Å². The van der Waals surface area contributed by atoms with Crippen molar-refractivity contribution < 1.29 is 9.15 Å². The number of benzene rings is 2. The lowest BCUT2D eigenvalue weighted by Crippen LogP contribution is -2.39. The van der Waals surface area contributed by atoms with Gasteiger partial charge in [-0.25, -0.2) is 4.98 Å². The van der Waals surface area contributed by atoms with Crippen LogP contribution in [0.3, 0.4) is 0 Å². The van der Waals surface area contributed by atoms with Gasteiger partial charge in [0.25, 0.3) is 0 Å². The molecule has 3 heterocycles. The maximum atomic E-state index is 6.28. The fraction of sp³-hybridized carbons (Fsp3) is 0.400. The van der Waals surface area contributed by atoms with Gasteiger partial charge in [0.15, 0.2) is 0 Å². The zero-order valence-electron chi connectivity index (χ0n) is 17.6. The highest BCUT2D eigenvalue weighted by molar-refractivity contribution is 5.65. The van der Waals surface area contributed by atoms with Crippen LogP contribution in [0.1, 0.15) is 29.5 Å². The molecule has 5 rings (SSSR count). The van der Waals surface area contributed by atoms with E-state index in [1.165, 1.54) is 22.3 Å². The van der Waals surface area contributed by atoms with E-state index in [0.717, 1.165) is 63.9 Å². The van der Waals surface area contributed by atoms with Crippen molar-refractivity contribution >= 4 is 5.88 Å². The predicted molar refractivity (Wildman–Crippen MR) is 119 cm³/mol. The molecule has 0 saturated carbocycles. The Morgan fingerprint density at radius 3 is 2.33 bits per heavy atom. The Morgan fingerprint density at radius 2 is 1.60 bits per heavy atom. The molecule has 3 aromatic rings. The van der Waals surface area contributed by atoms with Crippen LogP contribution in [0, 0.1) is 0 Å². The fourth-order valence-corrected chi connectivity index (χ4v) is 4.48. The second-order valence-electron chi connectivity index (χ2n) is 8.31. The van der Waals surface area contributed by atoms with E-state index in [4.69, 9.17) is 14.1 Å². The van der Waals surface area contributed by atoms with E-state index >= 15 is 0 Å². The molecule has 5 nitrogen and oxygen atoms in total. The molecule has 1 atom stereocenters. The molecule has 1 saturated heterocycles. The van der Waals surface area contributed by atoms with Crippen molar-refractivity contribution in [2.45, 2.75) is 25.3 Å². The van der Waals surface area contributed by atoms with Crippen LogP contribution < -0.4 is 4.90 Å². The van der Waals surface area contributed by atoms with E-state index in [1.54, 1.807) is 0 Å². The van der Waals surface area contributed by atoms with Crippen molar-refractivity contribution in [3.63, 3.8) is 0 Å². The molecular weight excluding hydrogens is 374 g/mol. The largest absolute Gasteiger partial charge is 0.423 e. The van der Waals surface area contributed by atoms with Gasteiger partial charge in [-0.15, -0.1) is 0 Å². The van der Waals surface area contributed by atoms with Gasteiger partial charge in [0.05, 0.1) is 25.5 Å². The molecule has 2 aliphatic heterocycles. The number of fused-ring (bicyclic) bond motifs is 7. The third-order valence-electron chi connectivity index (χ3n) is 6.29. The summed E-state index contributed by atoms with van der Waals surface area (Å²) in [5, 5.41) is 0. The minimum atomic E-state index is 0.172. The summed E-state index contributed by atoms with van der Waals surface area (Å²) in [7, 11) is 2.08. The molecule has 2 aromatic carbocycles. The number of hydrogen-bond acceptors (Lipinski definition) is 5. The van der Waals surface area contributed by atoms with Crippen LogP contribution in [0.15, 0.2) is 59.1 Å². The van der Waals surface area contributed by atoms with Gasteiger partial charge in [0.2, 0.25) is 11.8 Å². The predicted octanol–water partition coefficient (Wildman–Crippen LogP) is 4.34. The summed E-state index contributed by atoms with van der Waals surface area (Å²) >= 11 is 0. The van der Waals surface area contributed by atoms with Gasteiger partial charge < -0.3 is 14.1 Å². The zero-order chi connectivity index (χ0) is 20.3. The average molecular weight is 404 g/mol. The number of aromatic nitrogens is 1. The van der Waals surface area contributed by atoms with Crippen molar-refractivity contribution in [1.82, 2.24) is 9.88 Å². The molecule has 1 unspecified atom stereocenters. The standard InChI is InChI=1S/C25H29N3O2/c1-27-11-10-20-5-3-7-22(17-20)21-6-2-4-19(16-21)8-9-23(25-26-18-24(27)30-25)28-12-14-29-15-13-28/h2-7,16-18,23H,8-15H2,1H3. The topological polar surface area (TPSA) is 41.7 Å². The summed E-state index contributed by atoms with van der Waals surface area (Å²) in [5.41, 5.74) is 5.27. The first-order chi connectivity index (χ1) is 14.8. The maximum Gasteiger partial charge on any atom is 0.216 e. The molecule has 0 amide bonds. The number of anilines is 1. The van der Waals surface area contributed by atoms with E-state index in [2.05, 4.69) is 65.4 Å². The number of likely N-dealkylation sites (N-methyl/N-ethyl adjacent to an activating group) is 1. The monoisotopic (exact) mass is 403 g/mol. The third kappa shape index (κ3) is 4.13. The molecule has 1 fully saturated rings. The molecule has 0 spiro atoms. The normalized spacial score (nSPS) is 20.4. The van der Waals surface area contributed by atoms with Crippen molar-refractivity contribution in [3.8, 4) is 11.1 Å². The highest BCUT2D eigenvalue weighted by Crippen LogP contribution is 2.30. The smallest absolute Gasteiger partial charge is 0.216 e. The Balaban J connectivity index is 1.51. The van der Waals surface area contributed by atoms with Crippen LogP contribution >= 0.6 is 0 Å². The number of ether oxygens (including phenoxy) is 1. The van der Waals surface area contributed by atoms with Crippen LogP contribution in [0.25, 0.3) is 11.1 Å². The maximum absolute atomic E-state index is 6.28. The molecule has 0 aliphatic carbocycles. The van der Waals surface area contributed by atoms with Crippen molar-refractivity contribution in [1.29, 1.82) is 0 Å². The molecule has 1 aromatic heterocycles. The Hall–Kier alpha value is -2.63. The molecule has 6 bridgehead atoms. The zero-order valence-corrected chi connectivity index (χ0v) is 17.6. The third-order valence-corrected chi connectivity index (χ3v) is 6.29. The average Bonchev–Trinajstić information content (AvgIpc) is 3.28. The SMILES string of the molecule is CN1CCc2cccc(c2)-c2cccc(c2)CCC(N2CCOCC2)c2ncc1o2. The van der Waals surface area contributed by atoms with E-state index in [1.807, 2.05) is 6.20 Å². The quantitative estimate of drug-likeness (QED) is 0.605. The lowest BCUT2D eigenvalue weighted by atomic mass is 9.97. The summed E-state index contributed by atoms with van der Waals surface area (Å²) in [6, 6.07) is 18.0. The number of rotatable bonds is 1. The lowest BCUT2D eigenvalue weighted by molar-refractivity contribution is 0.00850. The Morgan fingerprint density at radius 1 is 0.900 bits per heavy atom. The minimum Gasteiger partial charge on any atom is -0.423 e. The number of hydrogen-bond donors (Lipinski definition) is 0. The highest BCUT2D eigenvalue weighted by Gasteiger charge is 2.27. The number of aryl methyl sites for hydroxylation is 1. The molecule has 2 aliphatic rings. The fourth-order valence-electron chi connectivity index (χ4n) is 4.48. The number of nitrogens with zero attached hydrogens (tertiary/aromatic N) is 3. The van der Waals surface area contributed by atoms with Crippen LogP contribution in [0.2, 0.25) is 0 Å². The van der Waals surface area contributed by atoms with Crippen LogP contribution in [0.5, 0.6) is 0 Å². The van der Waals surface area contributed by atoms with E-state index in [-0.39, 0.29) is 6.04 Å². The van der Waals surface area contributed by atoms with E-state index in [0.29, 0.717) is 0 Å². The molecule has 30 heavy (non-hydrogen) atoms. The van der Waals surface area contributed by atoms with Gasteiger partial charge in [-0.3, -0.25) is 4.90 Å². The summed E-state index contributed by atoms with van der Waals surface area (Å²) in [4.78, 5) is 9.33. The van der Waals surface area contributed by atoms with Gasteiger partial charge >= 0.3 is 0 Å². The Kier molecular flexibility index (Phi) is 5.56. The summed E-state index contributed by atoms with van der Waals surface area (Å²) < 4.78 is 11.9. The first-order valence-corrected chi connectivity index (χ1v) is 10.9. The lowest BCUT2D eigenvalue weighted by Gasteiger charge is -2.32. The Labute approximate surface area is 178 Å². The second-order valence-corrected chi connectivity index (χ2v) is 8.31. The minimum absolute atomic E-state index is 0.172. The van der Waals surface area contributed by atoms with Gasteiger partial charge in [-0.1, -0.05) is 48.5 Å². The molecular formula is C25H29N3O2. The highest BCUT2D eigenvalue weighted by atomic mass is 16.5. The summed E-state index contributed by atoms with van der Waals surface area (Å²) in [5.74, 6) is 1.67. The van der Waals surface area contributed by atoms with Gasteiger partial charge in [-0.2, -0.15) is 0 Å². The van der Waals surface area contributed by atoms with Gasteiger partial charge in [0, 0.05) is 26.7 Å². The van der Waals surface area contributed by atoms with E-state index in [9.17, 15) is 0 Å². The van der Waals surface area contributed by atoms with Crippen LogP contribution in [-0.4, -0.2) is 49.8 Å². The van der Waals surface area contributed by atoms with E-state index < -0.39 is 0 Å². The van der Waals surface area contributed by atoms with Gasteiger partial charge in [0.1, 0.15) is 0 Å². The van der Waals surface area contributed by atoms with Gasteiger partial charge in [-0.05, 0) is 41.5 Å². The summed E-state index contributed by atoms with van der Waals surface area (Å²) in [6.45, 7) is 4.28. The number of oxazole rings is 1. The molecule has 0 N–H and O–H groups in total. The van der Waals surface area contributed by atoms with Crippen molar-refractivity contribution in [2.75, 3.05) is 44.8 Å². The number of morpholine rings is 1. The van der Waals surface area contributed by atoms with Crippen molar-refractivity contribution in [2.24, 2.45) is 0 Å².